The maximum Gasteiger partial charge on any atom is 0.358 e. The second-order valence-corrected chi connectivity index (χ2v) is 5.10. The Hall–Kier alpha value is -2.28. The minimum Gasteiger partial charge on any atom is -0.290 e. The molecule has 0 saturated carbocycles. The van der Waals surface area contributed by atoms with E-state index >= 15 is 0 Å². The zero-order valence-corrected chi connectivity index (χ0v) is 10.3. The van der Waals surface area contributed by atoms with Gasteiger partial charge in [-0.25, -0.2) is 4.39 Å². The van der Waals surface area contributed by atoms with Crippen molar-refractivity contribution in [1.29, 1.82) is 0 Å². The summed E-state index contributed by atoms with van der Waals surface area (Å²) in [5.41, 5.74) is 0.185. The molecule has 0 spiro atoms. The van der Waals surface area contributed by atoms with E-state index in [1.165, 1.54) is 24.3 Å². The van der Waals surface area contributed by atoms with Crippen LogP contribution in [0.1, 0.15) is 0 Å². The highest BCUT2D eigenvalue weighted by atomic mass is 32.2. The smallest absolute Gasteiger partial charge is 0.290 e. The van der Waals surface area contributed by atoms with Gasteiger partial charge in [-0.2, -0.15) is 8.42 Å². The highest BCUT2D eigenvalue weighted by Crippen LogP contribution is 2.13. The van der Waals surface area contributed by atoms with Crippen molar-refractivity contribution in [3.05, 3.63) is 54.4 Å². The van der Waals surface area contributed by atoms with Crippen LogP contribution in [-0.4, -0.2) is 19.9 Å². The Morgan fingerprint density at radius 2 is 1.58 bits per heavy atom. The Labute approximate surface area is 108 Å². The van der Waals surface area contributed by atoms with E-state index in [9.17, 15) is 17.6 Å². The second kappa shape index (κ2) is 5.15. The van der Waals surface area contributed by atoms with Gasteiger partial charge < -0.3 is 0 Å². The van der Waals surface area contributed by atoms with E-state index in [4.69, 9.17) is 0 Å². The van der Waals surface area contributed by atoms with E-state index in [-0.39, 0.29) is 16.4 Å². The lowest BCUT2D eigenvalue weighted by Gasteiger charge is -2.02. The first-order valence-electron chi connectivity index (χ1n) is 5.15. The van der Waals surface area contributed by atoms with Gasteiger partial charge in [0.2, 0.25) is 0 Å². The first-order chi connectivity index (χ1) is 8.97. The number of carbonyl (C=O) groups excluding carboxylic acids is 1. The molecule has 1 aliphatic rings. The van der Waals surface area contributed by atoms with Crippen molar-refractivity contribution in [2.24, 2.45) is 5.16 Å². The number of nitrogens with zero attached hydrogens (tertiary/aromatic N) is 1. The molecule has 0 amide bonds. The van der Waals surface area contributed by atoms with E-state index < -0.39 is 15.9 Å². The molecule has 1 aromatic carbocycles. The molecule has 0 N–H and O–H groups in total. The third-order valence-electron chi connectivity index (χ3n) is 2.18. The molecule has 0 unspecified atom stereocenters. The van der Waals surface area contributed by atoms with Gasteiger partial charge in [0.15, 0.2) is 5.78 Å². The number of benzene rings is 1. The monoisotopic (exact) mass is 281 g/mol. The van der Waals surface area contributed by atoms with Crippen molar-refractivity contribution >= 4 is 21.6 Å². The lowest BCUT2D eigenvalue weighted by atomic mass is 10.2. The SMILES string of the molecule is O=C1C=CC(=NOS(=O)(=O)c2ccc(F)cc2)C=C1. The van der Waals surface area contributed by atoms with Crippen LogP contribution in [0.4, 0.5) is 4.39 Å². The quantitative estimate of drug-likeness (QED) is 0.623. The Morgan fingerprint density at radius 3 is 2.16 bits per heavy atom. The predicted octanol–water partition coefficient (Wildman–Crippen LogP) is 1.58. The molecule has 19 heavy (non-hydrogen) atoms. The largest absolute Gasteiger partial charge is 0.358 e. The van der Waals surface area contributed by atoms with Crippen molar-refractivity contribution in [1.82, 2.24) is 0 Å². The summed E-state index contributed by atoms with van der Waals surface area (Å²) >= 11 is 0. The van der Waals surface area contributed by atoms with Crippen LogP contribution in [0.15, 0.2) is 58.6 Å². The molecule has 0 aliphatic heterocycles. The molecular formula is C12H8FNO4S. The van der Waals surface area contributed by atoms with Crippen LogP contribution < -0.4 is 0 Å². The lowest BCUT2D eigenvalue weighted by Crippen LogP contribution is -2.06. The number of hydrogen-bond donors (Lipinski definition) is 0. The van der Waals surface area contributed by atoms with Crippen LogP contribution in [0.5, 0.6) is 0 Å². The molecular weight excluding hydrogens is 273 g/mol. The van der Waals surface area contributed by atoms with Gasteiger partial charge in [0, 0.05) is 0 Å². The number of oxime groups is 1. The number of hydrogen-bond acceptors (Lipinski definition) is 5. The number of ketones is 1. The molecule has 98 valence electrons. The first kappa shape index (κ1) is 13.2. The fourth-order valence-electron chi connectivity index (χ4n) is 1.24. The highest BCUT2D eigenvalue weighted by molar-refractivity contribution is 7.86. The summed E-state index contributed by atoms with van der Waals surface area (Å²) in [4.78, 5) is 10.6. The maximum atomic E-state index is 12.7. The molecule has 0 radical (unpaired) electrons. The van der Waals surface area contributed by atoms with Crippen molar-refractivity contribution in [3.63, 3.8) is 0 Å². The van der Waals surface area contributed by atoms with Gasteiger partial charge in [0.1, 0.15) is 16.4 Å². The molecule has 0 bridgehead atoms. The fraction of sp³-hybridized carbons (Fsp3) is 0. The van der Waals surface area contributed by atoms with Gasteiger partial charge >= 0.3 is 10.1 Å². The molecule has 0 saturated heterocycles. The second-order valence-electron chi connectivity index (χ2n) is 3.57. The maximum absolute atomic E-state index is 12.7. The standard InChI is InChI=1S/C12H8FNO4S/c13-9-1-7-12(8-2-9)19(16,17)18-14-10-3-5-11(15)6-4-10/h1-8H. The summed E-state index contributed by atoms with van der Waals surface area (Å²) in [7, 11) is -4.10. The Kier molecular flexibility index (Phi) is 3.57. The van der Waals surface area contributed by atoms with E-state index in [1.54, 1.807) is 0 Å². The van der Waals surface area contributed by atoms with E-state index in [0.717, 1.165) is 24.3 Å². The van der Waals surface area contributed by atoms with Crippen LogP contribution in [0, 0.1) is 5.82 Å². The molecule has 0 aromatic heterocycles. The highest BCUT2D eigenvalue weighted by Gasteiger charge is 2.16. The topological polar surface area (TPSA) is 72.8 Å². The number of halogens is 1. The summed E-state index contributed by atoms with van der Waals surface area (Å²) in [5.74, 6) is -0.776. The van der Waals surface area contributed by atoms with Crippen molar-refractivity contribution in [2.45, 2.75) is 4.90 Å². The molecule has 0 fully saturated rings. The average Bonchev–Trinajstić information content (AvgIpc) is 2.39. The fourth-order valence-corrected chi connectivity index (χ4v) is 1.98. The van der Waals surface area contributed by atoms with Crippen LogP contribution >= 0.6 is 0 Å². The third-order valence-corrected chi connectivity index (χ3v) is 3.30. The lowest BCUT2D eigenvalue weighted by molar-refractivity contribution is -0.110. The van der Waals surface area contributed by atoms with Gasteiger partial charge in [0.05, 0.1) is 0 Å². The number of allylic oxidation sites excluding steroid dienone is 4. The Balaban J connectivity index is 2.17. The average molecular weight is 281 g/mol. The summed E-state index contributed by atoms with van der Waals surface area (Å²) < 4.78 is 40.5. The normalized spacial score (nSPS) is 14.6. The zero-order chi connectivity index (χ0) is 13.9. The van der Waals surface area contributed by atoms with Crippen LogP contribution in [-0.2, 0) is 19.2 Å². The first-order valence-corrected chi connectivity index (χ1v) is 6.55. The van der Waals surface area contributed by atoms with Gasteiger partial charge in [0.25, 0.3) is 0 Å². The molecule has 1 aromatic rings. The third kappa shape index (κ3) is 3.35. The Bertz CT molecular complexity index is 669. The minimum atomic E-state index is -4.10. The van der Waals surface area contributed by atoms with Gasteiger partial charge in [-0.3, -0.25) is 9.08 Å². The molecule has 0 heterocycles. The predicted molar refractivity (Wildman–Crippen MR) is 65.4 cm³/mol. The summed E-state index contributed by atoms with van der Waals surface area (Å²) in [6.45, 7) is 0. The van der Waals surface area contributed by atoms with Crippen LogP contribution in [0.3, 0.4) is 0 Å². The van der Waals surface area contributed by atoms with E-state index in [1.807, 2.05) is 0 Å². The molecule has 0 atom stereocenters. The van der Waals surface area contributed by atoms with Crippen LogP contribution in [0.2, 0.25) is 0 Å². The summed E-state index contributed by atoms with van der Waals surface area (Å²) in [6, 6.07) is 4.15. The van der Waals surface area contributed by atoms with Crippen molar-refractivity contribution < 1.29 is 21.9 Å². The van der Waals surface area contributed by atoms with E-state index in [0.29, 0.717) is 0 Å². The Morgan fingerprint density at radius 1 is 1.00 bits per heavy atom. The van der Waals surface area contributed by atoms with Crippen LogP contribution in [0.25, 0.3) is 0 Å². The number of rotatable bonds is 3. The van der Waals surface area contributed by atoms with Crippen molar-refractivity contribution in [3.8, 4) is 0 Å². The minimum absolute atomic E-state index is 0.185. The van der Waals surface area contributed by atoms with E-state index in [2.05, 4.69) is 9.44 Å². The van der Waals surface area contributed by atoms with Crippen molar-refractivity contribution in [2.75, 3.05) is 0 Å². The summed E-state index contributed by atoms with van der Waals surface area (Å²) in [5, 5.41) is 3.40. The summed E-state index contributed by atoms with van der Waals surface area (Å²) in [6.07, 6.45) is 5.10. The molecule has 5 nitrogen and oxygen atoms in total. The van der Waals surface area contributed by atoms with Gasteiger partial charge in [-0.05, 0) is 48.6 Å². The van der Waals surface area contributed by atoms with Gasteiger partial charge in [-0.1, -0.05) is 5.16 Å². The molecule has 1 aliphatic carbocycles. The van der Waals surface area contributed by atoms with Gasteiger partial charge in [-0.15, -0.1) is 0 Å². The zero-order valence-electron chi connectivity index (χ0n) is 9.49. The number of carbonyl (C=O) groups is 1. The molecule has 2 rings (SSSR count). The molecule has 7 heteroatoms.